The molecule has 0 aliphatic heterocycles. The van der Waals surface area contributed by atoms with Crippen molar-refractivity contribution in [1.82, 2.24) is 5.32 Å². The lowest BCUT2D eigenvalue weighted by Gasteiger charge is -2.21. The number of methoxy groups -OCH3 is 1. The van der Waals surface area contributed by atoms with E-state index >= 15 is 0 Å². The predicted octanol–water partition coefficient (Wildman–Crippen LogP) is 4.18. The maximum atomic E-state index is 14.2. The van der Waals surface area contributed by atoms with Crippen molar-refractivity contribution in [2.45, 2.75) is 25.8 Å². The van der Waals surface area contributed by atoms with E-state index in [-0.39, 0.29) is 11.9 Å². The average Bonchev–Trinajstić information content (AvgIpc) is 2.96. The second-order valence-electron chi connectivity index (χ2n) is 4.70. The Kier molecular flexibility index (Phi) is 5.56. The summed E-state index contributed by atoms with van der Waals surface area (Å²) < 4.78 is 19.6. The van der Waals surface area contributed by atoms with Crippen LogP contribution in [0.25, 0.3) is 0 Å². The molecule has 2 rings (SSSR count). The van der Waals surface area contributed by atoms with Crippen LogP contribution in [0.4, 0.5) is 4.39 Å². The van der Waals surface area contributed by atoms with Gasteiger partial charge in [-0.05, 0) is 53.9 Å². The highest BCUT2D eigenvalue weighted by Crippen LogP contribution is 2.30. The summed E-state index contributed by atoms with van der Waals surface area (Å²) in [7, 11) is 1.58. The molecule has 1 N–H and O–H groups in total. The van der Waals surface area contributed by atoms with Gasteiger partial charge < -0.3 is 10.1 Å². The Labute approximate surface area is 123 Å². The molecular formula is C16H20FNOS. The van der Waals surface area contributed by atoms with Crippen molar-refractivity contribution in [2.24, 2.45) is 0 Å². The minimum Gasteiger partial charge on any atom is -0.496 e. The second kappa shape index (κ2) is 7.41. The van der Waals surface area contributed by atoms with Gasteiger partial charge in [0, 0.05) is 11.6 Å². The Balaban J connectivity index is 2.30. The fourth-order valence-electron chi connectivity index (χ4n) is 2.27. The molecule has 4 heteroatoms. The van der Waals surface area contributed by atoms with Crippen molar-refractivity contribution in [3.05, 3.63) is 52.0 Å². The molecule has 0 radical (unpaired) electrons. The normalized spacial score (nSPS) is 12.3. The number of nitrogens with one attached hydrogen (secondary N) is 1. The molecule has 108 valence electrons. The summed E-state index contributed by atoms with van der Waals surface area (Å²) in [5, 5.41) is 7.58. The van der Waals surface area contributed by atoms with Crippen molar-refractivity contribution in [2.75, 3.05) is 13.7 Å². The van der Waals surface area contributed by atoms with Gasteiger partial charge in [-0.25, -0.2) is 4.39 Å². The molecule has 0 amide bonds. The van der Waals surface area contributed by atoms with Crippen LogP contribution >= 0.6 is 11.3 Å². The molecule has 2 nitrogen and oxygen atoms in total. The molecule has 1 heterocycles. The molecule has 2 aromatic rings. The first kappa shape index (κ1) is 15.0. The zero-order valence-electron chi connectivity index (χ0n) is 11.9. The smallest absolute Gasteiger partial charge is 0.131 e. The minimum atomic E-state index is -0.215. The predicted molar refractivity (Wildman–Crippen MR) is 82.0 cm³/mol. The van der Waals surface area contributed by atoms with Crippen LogP contribution < -0.4 is 10.1 Å². The molecule has 0 saturated heterocycles. The first-order chi connectivity index (χ1) is 9.76. The number of ether oxygens (including phenoxy) is 1. The molecule has 1 aromatic carbocycles. The third kappa shape index (κ3) is 3.58. The molecule has 20 heavy (non-hydrogen) atoms. The van der Waals surface area contributed by atoms with Gasteiger partial charge in [-0.1, -0.05) is 13.0 Å². The second-order valence-corrected chi connectivity index (χ2v) is 5.48. The highest BCUT2D eigenvalue weighted by molar-refractivity contribution is 7.07. The van der Waals surface area contributed by atoms with Crippen LogP contribution in [0.15, 0.2) is 35.0 Å². The zero-order chi connectivity index (χ0) is 14.4. The Bertz CT molecular complexity index is 527. The number of hydrogen-bond donors (Lipinski definition) is 1. The fraction of sp³-hybridized carbons (Fsp3) is 0.375. The van der Waals surface area contributed by atoms with Crippen molar-refractivity contribution < 1.29 is 9.13 Å². The monoisotopic (exact) mass is 293 g/mol. The Hall–Kier alpha value is -1.39. The molecular weight excluding hydrogens is 273 g/mol. The summed E-state index contributed by atoms with van der Waals surface area (Å²) >= 11 is 1.66. The maximum Gasteiger partial charge on any atom is 0.131 e. The van der Waals surface area contributed by atoms with Gasteiger partial charge in [-0.3, -0.25) is 0 Å². The quantitative estimate of drug-likeness (QED) is 0.827. The molecule has 0 bridgehead atoms. The fourth-order valence-corrected chi connectivity index (χ4v) is 2.95. The van der Waals surface area contributed by atoms with E-state index in [1.807, 2.05) is 11.4 Å². The maximum absolute atomic E-state index is 14.2. The number of rotatable bonds is 7. The number of halogens is 1. The topological polar surface area (TPSA) is 21.3 Å². The number of thiophene rings is 1. The highest BCUT2D eigenvalue weighted by Gasteiger charge is 2.20. The largest absolute Gasteiger partial charge is 0.496 e. The van der Waals surface area contributed by atoms with Gasteiger partial charge in [0.05, 0.1) is 7.11 Å². The minimum absolute atomic E-state index is 0.0688. The average molecular weight is 293 g/mol. The van der Waals surface area contributed by atoms with Crippen molar-refractivity contribution >= 4 is 11.3 Å². The van der Waals surface area contributed by atoms with Gasteiger partial charge in [0.2, 0.25) is 0 Å². The van der Waals surface area contributed by atoms with E-state index in [1.165, 1.54) is 11.6 Å². The molecule has 0 spiro atoms. The van der Waals surface area contributed by atoms with Gasteiger partial charge >= 0.3 is 0 Å². The van der Waals surface area contributed by atoms with Crippen LogP contribution in [-0.4, -0.2) is 13.7 Å². The Morgan fingerprint density at radius 2 is 2.20 bits per heavy atom. The third-order valence-electron chi connectivity index (χ3n) is 3.24. The van der Waals surface area contributed by atoms with Crippen LogP contribution in [-0.2, 0) is 6.42 Å². The summed E-state index contributed by atoms with van der Waals surface area (Å²) in [5.41, 5.74) is 1.84. The van der Waals surface area contributed by atoms with E-state index in [0.717, 1.165) is 19.4 Å². The molecule has 0 aliphatic carbocycles. The van der Waals surface area contributed by atoms with Crippen LogP contribution in [0, 0.1) is 5.82 Å². The standard InChI is InChI=1S/C16H20FNOS/c1-3-8-18-14(10-12-7-9-20-11-12)16-13(17)5-4-6-15(16)19-2/h4-7,9,11,14,18H,3,8,10H2,1-2H3. The molecule has 0 aliphatic rings. The first-order valence-corrected chi connectivity index (χ1v) is 7.77. The van der Waals surface area contributed by atoms with Crippen LogP contribution in [0.5, 0.6) is 5.75 Å². The van der Waals surface area contributed by atoms with Crippen LogP contribution in [0.3, 0.4) is 0 Å². The number of benzene rings is 1. The summed E-state index contributed by atoms with van der Waals surface area (Å²) in [6.07, 6.45) is 1.78. The molecule has 0 fully saturated rings. The van der Waals surface area contributed by atoms with Gasteiger partial charge in [0.15, 0.2) is 0 Å². The van der Waals surface area contributed by atoms with E-state index in [2.05, 4.69) is 23.7 Å². The van der Waals surface area contributed by atoms with Crippen LogP contribution in [0.2, 0.25) is 0 Å². The van der Waals surface area contributed by atoms with E-state index in [1.54, 1.807) is 24.5 Å². The Morgan fingerprint density at radius 1 is 1.35 bits per heavy atom. The van der Waals surface area contributed by atoms with Crippen molar-refractivity contribution in [3.8, 4) is 5.75 Å². The molecule has 1 atom stereocenters. The van der Waals surface area contributed by atoms with E-state index in [0.29, 0.717) is 11.3 Å². The van der Waals surface area contributed by atoms with E-state index in [9.17, 15) is 4.39 Å². The first-order valence-electron chi connectivity index (χ1n) is 6.83. The third-order valence-corrected chi connectivity index (χ3v) is 3.97. The van der Waals surface area contributed by atoms with Crippen molar-refractivity contribution in [3.63, 3.8) is 0 Å². The van der Waals surface area contributed by atoms with Gasteiger partial charge in [0.1, 0.15) is 11.6 Å². The van der Waals surface area contributed by atoms with E-state index in [4.69, 9.17) is 4.74 Å². The van der Waals surface area contributed by atoms with Crippen molar-refractivity contribution in [1.29, 1.82) is 0 Å². The summed E-state index contributed by atoms with van der Waals surface area (Å²) in [5.74, 6) is 0.391. The molecule has 1 aromatic heterocycles. The summed E-state index contributed by atoms with van der Waals surface area (Å²) in [6.45, 7) is 2.96. The lowest BCUT2D eigenvalue weighted by molar-refractivity contribution is 0.389. The van der Waals surface area contributed by atoms with Crippen LogP contribution in [0.1, 0.15) is 30.5 Å². The highest BCUT2D eigenvalue weighted by atomic mass is 32.1. The number of hydrogen-bond acceptors (Lipinski definition) is 3. The summed E-state index contributed by atoms with van der Waals surface area (Å²) in [4.78, 5) is 0. The Morgan fingerprint density at radius 3 is 2.85 bits per heavy atom. The van der Waals surface area contributed by atoms with Gasteiger partial charge in [-0.2, -0.15) is 11.3 Å². The van der Waals surface area contributed by atoms with Gasteiger partial charge in [-0.15, -0.1) is 0 Å². The van der Waals surface area contributed by atoms with E-state index < -0.39 is 0 Å². The molecule has 0 saturated carbocycles. The lowest BCUT2D eigenvalue weighted by atomic mass is 9.98. The zero-order valence-corrected chi connectivity index (χ0v) is 12.7. The molecule has 1 unspecified atom stereocenters. The summed E-state index contributed by atoms with van der Waals surface area (Å²) in [6, 6.07) is 7.00. The van der Waals surface area contributed by atoms with Gasteiger partial charge in [0.25, 0.3) is 0 Å². The SMILES string of the molecule is CCCNC(Cc1ccsc1)c1c(F)cccc1OC. The lowest BCUT2D eigenvalue weighted by Crippen LogP contribution is -2.25.